The fourth-order valence-electron chi connectivity index (χ4n) is 3.19. The van der Waals surface area contributed by atoms with Gasteiger partial charge in [-0.3, -0.25) is 9.59 Å². The normalized spacial score (nSPS) is 18.9. The third-order valence-electron chi connectivity index (χ3n) is 4.49. The van der Waals surface area contributed by atoms with Gasteiger partial charge in [-0.15, -0.1) is 0 Å². The molecule has 27 heavy (non-hydrogen) atoms. The highest BCUT2D eigenvalue weighted by Gasteiger charge is 2.25. The number of anilines is 2. The number of carbonyl (C=O) groups is 2. The molecule has 2 heterocycles. The number of amides is 2. The molecule has 0 spiro atoms. The molecule has 2 rings (SSSR count). The maximum absolute atomic E-state index is 12.7. The summed E-state index contributed by atoms with van der Waals surface area (Å²) in [6.07, 6.45) is 4.06. The number of hydrogen-bond acceptors (Lipinski definition) is 7. The second kappa shape index (κ2) is 9.48. The largest absolute Gasteiger partial charge is 0.350 e. The van der Waals surface area contributed by atoms with Crippen molar-refractivity contribution < 1.29 is 9.59 Å². The molecule has 0 saturated carbocycles. The summed E-state index contributed by atoms with van der Waals surface area (Å²) in [7, 11) is 3.77. The van der Waals surface area contributed by atoms with Crippen LogP contribution < -0.4 is 15.5 Å². The second-order valence-electron chi connectivity index (χ2n) is 7.30. The highest BCUT2D eigenvalue weighted by Crippen LogP contribution is 2.16. The van der Waals surface area contributed by atoms with Gasteiger partial charge in [-0.1, -0.05) is 12.8 Å². The lowest BCUT2D eigenvalue weighted by Crippen LogP contribution is -2.50. The average Bonchev–Trinajstić information content (AvgIpc) is 2.55. The van der Waals surface area contributed by atoms with Crippen molar-refractivity contribution in [1.29, 1.82) is 0 Å². The third-order valence-corrected chi connectivity index (χ3v) is 4.49. The Hall–Kier alpha value is -2.45. The molecule has 1 aromatic rings. The Morgan fingerprint density at radius 3 is 2.59 bits per heavy atom. The average molecular weight is 377 g/mol. The van der Waals surface area contributed by atoms with Crippen LogP contribution >= 0.6 is 0 Å². The van der Waals surface area contributed by atoms with Crippen LogP contribution in [-0.4, -0.2) is 70.9 Å². The minimum absolute atomic E-state index is 0.0515. The van der Waals surface area contributed by atoms with E-state index in [-0.39, 0.29) is 17.9 Å². The Kier molecular flexibility index (Phi) is 7.32. The van der Waals surface area contributed by atoms with Crippen LogP contribution in [0, 0.1) is 6.92 Å². The van der Waals surface area contributed by atoms with Gasteiger partial charge in [0, 0.05) is 40.2 Å². The topological polar surface area (TPSA) is 103 Å². The summed E-state index contributed by atoms with van der Waals surface area (Å²) in [6.45, 7) is 6.24. The number of rotatable bonds is 5. The van der Waals surface area contributed by atoms with Gasteiger partial charge in [-0.2, -0.15) is 15.0 Å². The van der Waals surface area contributed by atoms with Crippen molar-refractivity contribution in [1.82, 2.24) is 25.2 Å². The maximum atomic E-state index is 12.7. The molecule has 150 valence electrons. The van der Waals surface area contributed by atoms with E-state index in [1.807, 2.05) is 30.8 Å². The summed E-state index contributed by atoms with van der Waals surface area (Å²) in [5, 5.41) is 6.06. The van der Waals surface area contributed by atoms with Crippen LogP contribution in [0.1, 0.15) is 45.4 Å². The van der Waals surface area contributed by atoms with Gasteiger partial charge in [0.2, 0.25) is 23.7 Å². The molecule has 9 nitrogen and oxygen atoms in total. The molecule has 1 fully saturated rings. The smallest absolute Gasteiger partial charge is 0.244 e. The van der Waals surface area contributed by atoms with E-state index in [2.05, 4.69) is 25.6 Å². The molecule has 2 N–H and O–H groups in total. The third kappa shape index (κ3) is 6.33. The number of likely N-dealkylation sites (tertiary alicyclic amines) is 1. The molecule has 0 aliphatic carbocycles. The second-order valence-corrected chi connectivity index (χ2v) is 7.30. The summed E-state index contributed by atoms with van der Waals surface area (Å²) < 4.78 is 0. The van der Waals surface area contributed by atoms with Crippen molar-refractivity contribution in [3.05, 3.63) is 5.82 Å². The molecular formula is C18H31N7O2. The summed E-state index contributed by atoms with van der Waals surface area (Å²) in [6, 6.07) is -0.474. The fraction of sp³-hybridized carbons (Fsp3) is 0.722. The predicted octanol–water partition coefficient (Wildman–Crippen LogP) is 0.954. The lowest BCUT2D eigenvalue weighted by molar-refractivity contribution is -0.136. The van der Waals surface area contributed by atoms with Gasteiger partial charge in [-0.05, 0) is 26.7 Å². The van der Waals surface area contributed by atoms with Crippen molar-refractivity contribution in [3.63, 3.8) is 0 Å². The maximum Gasteiger partial charge on any atom is 0.244 e. The van der Waals surface area contributed by atoms with Gasteiger partial charge in [0.05, 0.1) is 0 Å². The van der Waals surface area contributed by atoms with Gasteiger partial charge in [0.1, 0.15) is 11.9 Å². The number of nitrogens with zero attached hydrogens (tertiary/aromatic N) is 5. The van der Waals surface area contributed by atoms with E-state index < -0.39 is 6.04 Å². The van der Waals surface area contributed by atoms with Crippen LogP contribution in [0.5, 0.6) is 0 Å². The minimum Gasteiger partial charge on any atom is -0.350 e. The van der Waals surface area contributed by atoms with Crippen molar-refractivity contribution in [2.45, 2.75) is 58.5 Å². The number of nitrogens with one attached hydrogen (secondary N) is 2. The highest BCUT2D eigenvalue weighted by molar-refractivity contribution is 5.86. The van der Waals surface area contributed by atoms with E-state index in [0.717, 1.165) is 25.7 Å². The van der Waals surface area contributed by atoms with Crippen LogP contribution in [-0.2, 0) is 9.59 Å². The standard InChI is InChI=1S/C18H31N7O2/c1-12(19-14(3)26)16(27)25-10-8-6-7-9-15(11-25)22-17-20-13(2)21-18(23-17)24(4)5/h12,15H,6-11H2,1-5H3,(H,19,26)(H,20,21,22,23). The first-order valence-corrected chi connectivity index (χ1v) is 9.48. The summed E-state index contributed by atoms with van der Waals surface area (Å²) in [5.41, 5.74) is 0. The van der Waals surface area contributed by atoms with Crippen LogP contribution in [0.4, 0.5) is 11.9 Å². The lowest BCUT2D eigenvalue weighted by Gasteiger charge is -2.32. The number of carbonyl (C=O) groups excluding carboxylic acids is 2. The van der Waals surface area contributed by atoms with Crippen molar-refractivity contribution >= 4 is 23.7 Å². The van der Waals surface area contributed by atoms with Crippen LogP contribution in [0.15, 0.2) is 0 Å². The fourth-order valence-corrected chi connectivity index (χ4v) is 3.19. The van der Waals surface area contributed by atoms with E-state index in [1.54, 1.807) is 6.92 Å². The van der Waals surface area contributed by atoms with Crippen LogP contribution in [0.25, 0.3) is 0 Å². The van der Waals surface area contributed by atoms with Gasteiger partial charge in [-0.25, -0.2) is 0 Å². The van der Waals surface area contributed by atoms with Crippen molar-refractivity contribution in [2.75, 3.05) is 37.4 Å². The zero-order chi connectivity index (χ0) is 20.0. The van der Waals surface area contributed by atoms with Crippen molar-refractivity contribution in [2.24, 2.45) is 0 Å². The molecule has 1 aromatic heterocycles. The Labute approximate surface area is 161 Å². The van der Waals surface area contributed by atoms with Gasteiger partial charge in [0.25, 0.3) is 0 Å². The quantitative estimate of drug-likeness (QED) is 0.787. The monoisotopic (exact) mass is 377 g/mol. The Bertz CT molecular complexity index is 665. The summed E-state index contributed by atoms with van der Waals surface area (Å²) in [5.74, 6) is 1.52. The van der Waals surface area contributed by atoms with E-state index in [4.69, 9.17) is 0 Å². The lowest BCUT2D eigenvalue weighted by atomic mass is 10.0. The van der Waals surface area contributed by atoms with E-state index in [0.29, 0.717) is 30.8 Å². The molecule has 0 bridgehead atoms. The molecule has 0 aromatic carbocycles. The minimum atomic E-state index is -0.526. The van der Waals surface area contributed by atoms with Gasteiger partial charge < -0.3 is 20.4 Å². The molecule has 9 heteroatoms. The zero-order valence-electron chi connectivity index (χ0n) is 16.9. The number of aromatic nitrogens is 3. The first-order valence-electron chi connectivity index (χ1n) is 9.48. The van der Waals surface area contributed by atoms with Crippen LogP contribution in [0.2, 0.25) is 0 Å². The summed E-state index contributed by atoms with van der Waals surface area (Å²) >= 11 is 0. The summed E-state index contributed by atoms with van der Waals surface area (Å²) in [4.78, 5) is 40.8. The molecule has 0 radical (unpaired) electrons. The number of aryl methyl sites for hydroxylation is 1. The Morgan fingerprint density at radius 2 is 1.93 bits per heavy atom. The molecule has 1 aliphatic heterocycles. The van der Waals surface area contributed by atoms with E-state index in [1.165, 1.54) is 6.92 Å². The zero-order valence-corrected chi connectivity index (χ0v) is 16.9. The van der Waals surface area contributed by atoms with Gasteiger partial charge >= 0.3 is 0 Å². The molecule has 1 aliphatic rings. The van der Waals surface area contributed by atoms with Crippen LogP contribution in [0.3, 0.4) is 0 Å². The highest BCUT2D eigenvalue weighted by atomic mass is 16.2. The molecular weight excluding hydrogens is 346 g/mol. The molecule has 2 atom stereocenters. The molecule has 2 amide bonds. The SMILES string of the molecule is CC(=O)NC(C)C(=O)N1CCCCCC(Nc2nc(C)nc(N(C)C)n2)C1. The van der Waals surface area contributed by atoms with Gasteiger partial charge in [0.15, 0.2) is 0 Å². The first kappa shape index (κ1) is 20.9. The first-order chi connectivity index (χ1) is 12.8. The van der Waals surface area contributed by atoms with E-state index in [9.17, 15) is 9.59 Å². The number of hydrogen-bond donors (Lipinski definition) is 2. The van der Waals surface area contributed by atoms with Crippen molar-refractivity contribution in [3.8, 4) is 0 Å². The predicted molar refractivity (Wildman–Crippen MR) is 105 cm³/mol. The van der Waals surface area contributed by atoms with E-state index >= 15 is 0 Å². The molecule has 1 saturated heterocycles. The Morgan fingerprint density at radius 1 is 1.19 bits per heavy atom. The molecule has 2 unspecified atom stereocenters. The Balaban J connectivity index is 2.11.